The first-order valence-corrected chi connectivity index (χ1v) is 13.0. The molecule has 1 saturated heterocycles. The molecule has 0 unspecified atom stereocenters. The van der Waals surface area contributed by atoms with Gasteiger partial charge in [-0.1, -0.05) is 29.8 Å². The maximum Gasteiger partial charge on any atom is 0.416 e. The zero-order valence-corrected chi connectivity index (χ0v) is 22.4. The molecule has 1 fully saturated rings. The molecule has 202 valence electrons. The van der Waals surface area contributed by atoms with Crippen LogP contribution < -0.4 is 18.7 Å². The molecule has 1 amide bonds. The number of piperazine rings is 1. The molecule has 11 heteroatoms. The highest BCUT2D eigenvalue weighted by Crippen LogP contribution is 2.39. The lowest BCUT2D eigenvalue weighted by atomic mass is 10.2. The summed E-state index contributed by atoms with van der Waals surface area (Å²) in [5, 5.41) is 0.132. The lowest BCUT2D eigenvalue weighted by molar-refractivity contribution is -0.137. The number of carbonyl (C=O) groups excluding carboxylic acids is 1. The third kappa shape index (κ3) is 6.60. The average molecular weight is 566 g/mol. The van der Waals surface area contributed by atoms with Crippen LogP contribution in [0.1, 0.15) is 5.56 Å². The highest BCUT2D eigenvalue weighted by molar-refractivity contribution is 8.00. The van der Waals surface area contributed by atoms with Gasteiger partial charge in [0.2, 0.25) is 5.91 Å². The van der Waals surface area contributed by atoms with Crippen molar-refractivity contribution in [1.29, 1.82) is 0 Å². The van der Waals surface area contributed by atoms with E-state index in [4.69, 9.17) is 21.1 Å². The first-order chi connectivity index (χ1) is 18.2. The molecule has 1 aliphatic heterocycles. The lowest BCUT2D eigenvalue weighted by Crippen LogP contribution is -2.50. The van der Waals surface area contributed by atoms with Gasteiger partial charge in [-0.15, -0.1) is 0 Å². The van der Waals surface area contributed by atoms with Gasteiger partial charge < -0.3 is 23.6 Å². The van der Waals surface area contributed by atoms with Crippen LogP contribution in [0.3, 0.4) is 0 Å². The Bertz CT molecular complexity index is 1260. The third-order valence-corrected chi connectivity index (χ3v) is 7.49. The highest BCUT2D eigenvalue weighted by atomic mass is 35.5. The minimum atomic E-state index is -4.53. The summed E-state index contributed by atoms with van der Waals surface area (Å²) in [5.74, 6) is 1.05. The molecule has 1 aliphatic rings. The number of hydrogen-bond acceptors (Lipinski definition) is 6. The van der Waals surface area contributed by atoms with Crippen LogP contribution in [-0.4, -0.2) is 57.8 Å². The zero-order valence-electron chi connectivity index (χ0n) is 20.9. The minimum Gasteiger partial charge on any atom is -0.493 e. The molecule has 0 atom stereocenters. The van der Waals surface area contributed by atoms with Crippen molar-refractivity contribution >= 4 is 40.8 Å². The van der Waals surface area contributed by atoms with Gasteiger partial charge in [0.25, 0.3) is 0 Å². The number of benzene rings is 3. The Kier molecular flexibility index (Phi) is 8.83. The minimum absolute atomic E-state index is 0.132. The second kappa shape index (κ2) is 12.1. The largest absolute Gasteiger partial charge is 0.493 e. The van der Waals surface area contributed by atoms with Crippen molar-refractivity contribution in [1.82, 2.24) is 4.90 Å². The maximum atomic E-state index is 13.4. The third-order valence-electron chi connectivity index (χ3n) is 6.14. The summed E-state index contributed by atoms with van der Waals surface area (Å²) in [4.78, 5) is 18.0. The summed E-state index contributed by atoms with van der Waals surface area (Å²) >= 11 is 7.51. The van der Waals surface area contributed by atoms with Crippen molar-refractivity contribution < 1.29 is 27.4 Å². The van der Waals surface area contributed by atoms with Crippen LogP contribution in [0.4, 0.5) is 24.5 Å². The number of rotatable bonds is 8. The van der Waals surface area contributed by atoms with Crippen molar-refractivity contribution in [3.8, 4) is 11.5 Å². The van der Waals surface area contributed by atoms with Gasteiger partial charge in [0, 0.05) is 42.8 Å². The van der Waals surface area contributed by atoms with Gasteiger partial charge in [-0.3, -0.25) is 4.79 Å². The number of nitrogens with zero attached hydrogens (tertiary/aromatic N) is 3. The van der Waals surface area contributed by atoms with Crippen molar-refractivity contribution in [3.63, 3.8) is 0 Å². The summed E-state index contributed by atoms with van der Waals surface area (Å²) < 4.78 is 52.6. The Hall–Kier alpha value is -3.24. The number of anilines is 2. The van der Waals surface area contributed by atoms with Gasteiger partial charge in [0.05, 0.1) is 30.5 Å². The van der Waals surface area contributed by atoms with Gasteiger partial charge in [-0.25, -0.2) is 0 Å². The fraction of sp³-hybridized carbons (Fsp3) is 0.296. The molecule has 0 aliphatic carbocycles. The van der Waals surface area contributed by atoms with Crippen LogP contribution in [0, 0.1) is 0 Å². The van der Waals surface area contributed by atoms with Crippen LogP contribution in [0.5, 0.6) is 11.5 Å². The van der Waals surface area contributed by atoms with Gasteiger partial charge in [0.15, 0.2) is 11.5 Å². The van der Waals surface area contributed by atoms with E-state index in [-0.39, 0.29) is 23.2 Å². The van der Waals surface area contributed by atoms with E-state index in [9.17, 15) is 18.0 Å². The van der Waals surface area contributed by atoms with Crippen LogP contribution in [0.15, 0.2) is 71.6 Å². The Morgan fingerprint density at radius 2 is 1.63 bits per heavy atom. The van der Waals surface area contributed by atoms with E-state index in [1.54, 1.807) is 19.1 Å². The monoisotopic (exact) mass is 565 g/mol. The number of methoxy groups -OCH3 is 2. The molecule has 1 heterocycles. The molecule has 38 heavy (non-hydrogen) atoms. The average Bonchev–Trinajstić information content (AvgIpc) is 2.92. The zero-order chi connectivity index (χ0) is 27.3. The Balaban J connectivity index is 1.49. The Morgan fingerprint density at radius 1 is 0.947 bits per heavy atom. The fourth-order valence-corrected chi connectivity index (χ4v) is 5.34. The first kappa shape index (κ1) is 27.8. The second-order valence-corrected chi connectivity index (χ2v) is 10.0. The van der Waals surface area contributed by atoms with Crippen LogP contribution in [0.25, 0.3) is 0 Å². The Morgan fingerprint density at radius 3 is 2.26 bits per heavy atom. The quantitative estimate of drug-likeness (QED) is 0.301. The van der Waals surface area contributed by atoms with Crippen molar-refractivity contribution in [3.05, 3.63) is 77.3 Å². The smallest absolute Gasteiger partial charge is 0.416 e. The van der Waals surface area contributed by atoms with E-state index >= 15 is 0 Å². The summed E-state index contributed by atoms with van der Waals surface area (Å²) in [7, 11) is 3.15. The molecule has 0 saturated carbocycles. The molecule has 3 aromatic carbocycles. The van der Waals surface area contributed by atoms with E-state index in [0.29, 0.717) is 37.7 Å². The molecule has 4 rings (SSSR count). The van der Waals surface area contributed by atoms with E-state index < -0.39 is 11.7 Å². The van der Waals surface area contributed by atoms with Gasteiger partial charge in [-0.05, 0) is 54.4 Å². The van der Waals surface area contributed by atoms with E-state index in [0.717, 1.165) is 22.7 Å². The van der Waals surface area contributed by atoms with Gasteiger partial charge in [-0.2, -0.15) is 13.2 Å². The maximum absolute atomic E-state index is 13.4. The number of ether oxygens (including phenoxy) is 2. The molecule has 0 bridgehead atoms. The number of hydrogen-bond donors (Lipinski definition) is 0. The fourth-order valence-electron chi connectivity index (χ4n) is 4.11. The first-order valence-electron chi connectivity index (χ1n) is 11.8. The predicted molar refractivity (Wildman–Crippen MR) is 144 cm³/mol. The molecular weight excluding hydrogens is 539 g/mol. The van der Waals surface area contributed by atoms with Crippen LogP contribution in [-0.2, 0) is 11.0 Å². The molecule has 3 aromatic rings. The van der Waals surface area contributed by atoms with E-state index in [2.05, 4.69) is 4.90 Å². The summed E-state index contributed by atoms with van der Waals surface area (Å²) in [6, 6.07) is 17.9. The Labute approximate surface area is 229 Å². The number of alkyl halides is 3. The molecule has 0 radical (unpaired) electrons. The molecule has 6 nitrogen and oxygen atoms in total. The number of amides is 1. The number of halogens is 4. The molecular formula is C27H27ClF3N3O3S. The van der Waals surface area contributed by atoms with Crippen molar-refractivity contribution in [2.75, 3.05) is 56.1 Å². The second-order valence-electron chi connectivity index (χ2n) is 8.51. The normalized spacial score (nSPS) is 13.8. The van der Waals surface area contributed by atoms with Crippen molar-refractivity contribution in [2.24, 2.45) is 0 Å². The van der Waals surface area contributed by atoms with E-state index in [1.165, 1.54) is 22.3 Å². The molecule has 0 N–H and O–H groups in total. The predicted octanol–water partition coefficient (Wildman–Crippen LogP) is 6.24. The number of carbonyl (C=O) groups is 1. The van der Waals surface area contributed by atoms with Crippen LogP contribution >= 0.6 is 23.5 Å². The lowest BCUT2D eigenvalue weighted by Gasteiger charge is -2.37. The van der Waals surface area contributed by atoms with Gasteiger partial charge in [0.1, 0.15) is 6.54 Å². The summed E-state index contributed by atoms with van der Waals surface area (Å²) in [5.41, 5.74) is 0.256. The van der Waals surface area contributed by atoms with Crippen molar-refractivity contribution in [2.45, 2.75) is 11.1 Å². The standard InChI is InChI=1S/C27H27ClF3N3O3S/c1-36-24-11-9-20(17-25(24)37-2)32-12-14-33(15-13-32)26(35)18-34(38-21-6-4-3-5-7-21)23-16-19(27(29,30)31)8-10-22(23)28/h3-11,16-17H,12-15,18H2,1-2H3. The summed E-state index contributed by atoms with van der Waals surface area (Å²) in [6.45, 7) is 1.98. The molecule has 0 aromatic heterocycles. The topological polar surface area (TPSA) is 45.2 Å². The van der Waals surface area contributed by atoms with Gasteiger partial charge >= 0.3 is 6.18 Å². The SMILES string of the molecule is COc1ccc(N2CCN(C(=O)CN(Sc3ccccc3)c3cc(C(F)(F)F)ccc3Cl)CC2)cc1OC. The van der Waals surface area contributed by atoms with E-state index in [1.807, 2.05) is 48.5 Å². The van der Waals surface area contributed by atoms with Crippen LogP contribution in [0.2, 0.25) is 5.02 Å². The summed E-state index contributed by atoms with van der Waals surface area (Å²) in [6.07, 6.45) is -4.53. The molecule has 0 spiro atoms. The highest BCUT2D eigenvalue weighted by Gasteiger charge is 2.32.